The molecule has 1 atom stereocenters. The highest BCUT2D eigenvalue weighted by Gasteiger charge is 2.16. The Morgan fingerprint density at radius 1 is 1.14 bits per heavy atom. The summed E-state index contributed by atoms with van der Waals surface area (Å²) in [7, 11) is 0. The van der Waals surface area contributed by atoms with E-state index in [9.17, 15) is 14.4 Å². The summed E-state index contributed by atoms with van der Waals surface area (Å²) < 4.78 is 0. The fraction of sp³-hybridized carbons (Fsp3) is 0.438. The minimum absolute atomic E-state index is 0.106. The molecule has 0 radical (unpaired) electrons. The zero-order chi connectivity index (χ0) is 16.4. The molecular formula is C16H22N2O4. The molecule has 0 aliphatic carbocycles. The number of carbonyl (C=O) groups is 3. The van der Waals surface area contributed by atoms with E-state index < -0.39 is 5.97 Å². The van der Waals surface area contributed by atoms with Crippen LogP contribution in [0, 0.1) is 0 Å². The van der Waals surface area contributed by atoms with Crippen LogP contribution >= 0.6 is 0 Å². The quantitative estimate of drug-likeness (QED) is 0.604. The second kappa shape index (κ2) is 9.55. The average molecular weight is 306 g/mol. The van der Waals surface area contributed by atoms with Gasteiger partial charge in [-0.05, 0) is 18.4 Å². The Kier molecular flexibility index (Phi) is 7.67. The molecule has 1 aromatic carbocycles. The molecule has 0 fully saturated rings. The first kappa shape index (κ1) is 17.7. The van der Waals surface area contributed by atoms with Crippen molar-refractivity contribution < 1.29 is 19.5 Å². The van der Waals surface area contributed by atoms with Crippen LogP contribution in [0.25, 0.3) is 0 Å². The second-order valence-corrected chi connectivity index (χ2v) is 5.07. The van der Waals surface area contributed by atoms with E-state index in [2.05, 4.69) is 10.6 Å². The van der Waals surface area contributed by atoms with Crippen molar-refractivity contribution in [2.24, 2.45) is 0 Å². The van der Waals surface area contributed by atoms with Gasteiger partial charge in [-0.15, -0.1) is 0 Å². The Labute approximate surface area is 129 Å². The van der Waals surface area contributed by atoms with Crippen LogP contribution in [-0.4, -0.2) is 29.4 Å². The maximum atomic E-state index is 11.9. The summed E-state index contributed by atoms with van der Waals surface area (Å²) in [6.45, 7) is 1.85. The van der Waals surface area contributed by atoms with Crippen molar-refractivity contribution in [3.63, 3.8) is 0 Å². The summed E-state index contributed by atoms with van der Waals surface area (Å²) >= 11 is 0. The van der Waals surface area contributed by atoms with E-state index in [0.29, 0.717) is 19.4 Å². The lowest BCUT2D eigenvalue weighted by Crippen LogP contribution is -2.33. The van der Waals surface area contributed by atoms with Crippen LogP contribution in [0.5, 0.6) is 0 Å². The number of aliphatic carboxylic acids is 1. The lowest BCUT2D eigenvalue weighted by Gasteiger charge is -2.18. The van der Waals surface area contributed by atoms with E-state index in [-0.39, 0.29) is 30.7 Å². The molecule has 0 aliphatic heterocycles. The molecule has 120 valence electrons. The fourth-order valence-corrected chi connectivity index (χ4v) is 2.07. The molecule has 1 unspecified atom stereocenters. The normalized spacial score (nSPS) is 11.5. The minimum Gasteiger partial charge on any atom is -0.481 e. The van der Waals surface area contributed by atoms with Gasteiger partial charge in [0.1, 0.15) is 0 Å². The molecule has 0 saturated heterocycles. The van der Waals surface area contributed by atoms with Crippen LogP contribution in [0.2, 0.25) is 0 Å². The highest BCUT2D eigenvalue weighted by molar-refractivity contribution is 5.79. The summed E-state index contributed by atoms with van der Waals surface area (Å²) in [4.78, 5) is 33.6. The maximum absolute atomic E-state index is 11.9. The molecule has 1 aromatic rings. The van der Waals surface area contributed by atoms with E-state index in [0.717, 1.165) is 5.56 Å². The fourth-order valence-electron chi connectivity index (χ4n) is 2.07. The molecule has 22 heavy (non-hydrogen) atoms. The third kappa shape index (κ3) is 7.42. The predicted octanol–water partition coefficient (Wildman–Crippen LogP) is 1.62. The number of nitrogens with one attached hydrogen (secondary N) is 2. The van der Waals surface area contributed by atoms with Crippen molar-refractivity contribution in [2.45, 2.75) is 38.6 Å². The molecule has 0 spiro atoms. The van der Waals surface area contributed by atoms with E-state index in [1.165, 1.54) is 6.92 Å². The van der Waals surface area contributed by atoms with Crippen LogP contribution in [0.15, 0.2) is 30.3 Å². The van der Waals surface area contributed by atoms with Gasteiger partial charge >= 0.3 is 5.97 Å². The topological polar surface area (TPSA) is 95.5 Å². The monoisotopic (exact) mass is 306 g/mol. The lowest BCUT2D eigenvalue weighted by atomic mass is 10.0. The number of carboxylic acid groups (broad SMARTS) is 1. The largest absolute Gasteiger partial charge is 0.481 e. The lowest BCUT2D eigenvalue weighted by molar-refractivity contribution is -0.137. The molecule has 3 N–H and O–H groups in total. The number of hydrogen-bond donors (Lipinski definition) is 3. The molecular weight excluding hydrogens is 284 g/mol. The molecule has 6 heteroatoms. The number of unbranched alkanes of at least 4 members (excludes halogenated alkanes) is 1. The summed E-state index contributed by atoms with van der Waals surface area (Å²) in [5.74, 6) is -1.19. The summed E-state index contributed by atoms with van der Waals surface area (Å²) in [6.07, 6.45) is 1.41. The Balaban J connectivity index is 2.43. The van der Waals surface area contributed by atoms with Crippen LogP contribution in [-0.2, 0) is 14.4 Å². The van der Waals surface area contributed by atoms with Crippen LogP contribution in [0.1, 0.15) is 44.2 Å². The smallest absolute Gasteiger partial charge is 0.303 e. The van der Waals surface area contributed by atoms with Crippen molar-refractivity contribution in [1.29, 1.82) is 0 Å². The molecule has 0 aliphatic rings. The number of benzene rings is 1. The van der Waals surface area contributed by atoms with Crippen LogP contribution in [0.3, 0.4) is 0 Å². The van der Waals surface area contributed by atoms with E-state index in [1.54, 1.807) is 0 Å². The third-order valence-electron chi connectivity index (χ3n) is 3.11. The first-order valence-electron chi connectivity index (χ1n) is 7.29. The molecule has 0 aromatic heterocycles. The number of amides is 2. The first-order chi connectivity index (χ1) is 10.5. The number of rotatable bonds is 9. The summed E-state index contributed by atoms with van der Waals surface area (Å²) in [5.41, 5.74) is 0.874. The highest BCUT2D eigenvalue weighted by atomic mass is 16.4. The van der Waals surface area contributed by atoms with Gasteiger partial charge in [0.15, 0.2) is 0 Å². The number of hydrogen-bond acceptors (Lipinski definition) is 3. The SMILES string of the molecule is CC(=O)NC(CC(=O)NCCCCC(=O)O)c1ccccc1. The van der Waals surface area contributed by atoms with Crippen molar-refractivity contribution in [1.82, 2.24) is 10.6 Å². The van der Waals surface area contributed by atoms with E-state index >= 15 is 0 Å². The average Bonchev–Trinajstić information content (AvgIpc) is 2.46. The van der Waals surface area contributed by atoms with Gasteiger partial charge in [0, 0.05) is 19.9 Å². The van der Waals surface area contributed by atoms with Crippen molar-refractivity contribution in [3.8, 4) is 0 Å². The standard InChI is InChI=1S/C16H22N2O4/c1-12(19)18-14(13-7-3-2-4-8-13)11-15(20)17-10-6-5-9-16(21)22/h2-4,7-8,14H,5-6,9-11H2,1H3,(H,17,20)(H,18,19)(H,21,22). The highest BCUT2D eigenvalue weighted by Crippen LogP contribution is 2.16. The van der Waals surface area contributed by atoms with Gasteiger partial charge in [0.05, 0.1) is 12.5 Å². The minimum atomic E-state index is -0.832. The molecule has 0 bridgehead atoms. The maximum Gasteiger partial charge on any atom is 0.303 e. The number of carbonyl (C=O) groups excluding carboxylic acids is 2. The van der Waals surface area contributed by atoms with Gasteiger partial charge in [-0.3, -0.25) is 14.4 Å². The number of carboxylic acids is 1. The molecule has 6 nitrogen and oxygen atoms in total. The zero-order valence-corrected chi connectivity index (χ0v) is 12.7. The molecule has 1 rings (SSSR count). The molecule has 0 heterocycles. The van der Waals surface area contributed by atoms with E-state index in [4.69, 9.17) is 5.11 Å². The predicted molar refractivity (Wildman–Crippen MR) is 82.1 cm³/mol. The van der Waals surface area contributed by atoms with Gasteiger partial charge in [0.2, 0.25) is 11.8 Å². The Bertz CT molecular complexity index is 502. The second-order valence-electron chi connectivity index (χ2n) is 5.07. The Morgan fingerprint density at radius 2 is 1.82 bits per heavy atom. The summed E-state index contributed by atoms with van der Waals surface area (Å²) in [6, 6.07) is 8.94. The summed E-state index contributed by atoms with van der Waals surface area (Å²) in [5, 5.41) is 14.0. The van der Waals surface area contributed by atoms with Gasteiger partial charge in [0.25, 0.3) is 0 Å². The van der Waals surface area contributed by atoms with Crippen LogP contribution in [0.4, 0.5) is 0 Å². The first-order valence-corrected chi connectivity index (χ1v) is 7.29. The van der Waals surface area contributed by atoms with Crippen molar-refractivity contribution in [2.75, 3.05) is 6.54 Å². The van der Waals surface area contributed by atoms with E-state index in [1.807, 2.05) is 30.3 Å². The van der Waals surface area contributed by atoms with Gasteiger partial charge in [-0.2, -0.15) is 0 Å². The van der Waals surface area contributed by atoms with Gasteiger partial charge in [-0.1, -0.05) is 30.3 Å². The van der Waals surface area contributed by atoms with Crippen LogP contribution < -0.4 is 10.6 Å². The Hall–Kier alpha value is -2.37. The van der Waals surface area contributed by atoms with Gasteiger partial charge in [-0.25, -0.2) is 0 Å². The molecule has 2 amide bonds. The Morgan fingerprint density at radius 3 is 2.41 bits per heavy atom. The zero-order valence-electron chi connectivity index (χ0n) is 12.7. The molecule has 0 saturated carbocycles. The van der Waals surface area contributed by atoms with Crippen molar-refractivity contribution in [3.05, 3.63) is 35.9 Å². The van der Waals surface area contributed by atoms with Crippen molar-refractivity contribution >= 4 is 17.8 Å². The third-order valence-corrected chi connectivity index (χ3v) is 3.11. The van der Waals surface area contributed by atoms with Gasteiger partial charge < -0.3 is 15.7 Å².